The zero-order valence-electron chi connectivity index (χ0n) is 7.70. The Labute approximate surface area is 79.5 Å². The summed E-state index contributed by atoms with van der Waals surface area (Å²) < 4.78 is 22.2. The molecule has 0 aromatic carbocycles. The summed E-state index contributed by atoms with van der Waals surface area (Å²) in [5.41, 5.74) is 0. The van der Waals surface area contributed by atoms with E-state index < -0.39 is 9.84 Å². The first-order chi connectivity index (χ1) is 6.14. The molecule has 0 saturated carbocycles. The minimum Gasteiger partial charge on any atom is -0.314 e. The molecule has 1 rings (SSSR count). The van der Waals surface area contributed by atoms with Crippen molar-refractivity contribution in [2.45, 2.75) is 0 Å². The van der Waals surface area contributed by atoms with Gasteiger partial charge in [0.15, 0.2) is 9.84 Å². The molecule has 0 aromatic rings. The normalized spacial score (nSPS) is 20.0. The number of sulfone groups is 1. The first-order valence-electron chi connectivity index (χ1n) is 4.42. The molecule has 76 valence electrons. The van der Waals surface area contributed by atoms with Gasteiger partial charge in [-0.25, -0.2) is 8.42 Å². The van der Waals surface area contributed by atoms with Crippen LogP contribution in [0.15, 0.2) is 12.0 Å². The van der Waals surface area contributed by atoms with Crippen LogP contribution in [0.4, 0.5) is 0 Å². The summed E-state index contributed by atoms with van der Waals surface area (Å²) in [5, 5.41) is 4.25. The van der Waals surface area contributed by atoms with Gasteiger partial charge in [-0.05, 0) is 0 Å². The van der Waals surface area contributed by atoms with Gasteiger partial charge in [0.2, 0.25) is 0 Å². The largest absolute Gasteiger partial charge is 0.314 e. The molecule has 1 saturated heterocycles. The van der Waals surface area contributed by atoms with E-state index in [1.807, 2.05) is 0 Å². The van der Waals surface area contributed by atoms with Gasteiger partial charge >= 0.3 is 0 Å². The molecule has 1 N–H and O–H groups in total. The van der Waals surface area contributed by atoms with Crippen LogP contribution in [0.5, 0.6) is 0 Å². The molecule has 0 aliphatic carbocycles. The number of nitrogens with one attached hydrogen (secondary N) is 1. The SMILES string of the molecule is C=CS(=O)(=O)CCN1CCNCC1. The zero-order chi connectivity index (χ0) is 9.73. The van der Waals surface area contributed by atoms with Gasteiger partial charge in [-0.3, -0.25) is 4.90 Å². The van der Waals surface area contributed by atoms with Gasteiger partial charge in [0, 0.05) is 38.1 Å². The van der Waals surface area contributed by atoms with E-state index in [0.29, 0.717) is 6.54 Å². The van der Waals surface area contributed by atoms with Crippen molar-refractivity contribution < 1.29 is 8.42 Å². The molecule has 0 bridgehead atoms. The molecule has 1 aliphatic rings. The lowest BCUT2D eigenvalue weighted by atomic mass is 10.4. The molecule has 0 radical (unpaired) electrons. The molecule has 0 aromatic heterocycles. The molecular weight excluding hydrogens is 188 g/mol. The highest BCUT2D eigenvalue weighted by Gasteiger charge is 2.12. The van der Waals surface area contributed by atoms with Crippen LogP contribution in [-0.2, 0) is 9.84 Å². The van der Waals surface area contributed by atoms with Crippen LogP contribution < -0.4 is 5.32 Å². The summed E-state index contributed by atoms with van der Waals surface area (Å²) in [6, 6.07) is 0. The average molecular weight is 204 g/mol. The fourth-order valence-corrected chi connectivity index (χ4v) is 1.95. The van der Waals surface area contributed by atoms with Crippen molar-refractivity contribution in [1.29, 1.82) is 0 Å². The first kappa shape index (κ1) is 10.7. The maximum absolute atomic E-state index is 11.1. The second-order valence-electron chi connectivity index (χ2n) is 3.13. The number of hydrogen-bond acceptors (Lipinski definition) is 4. The standard InChI is InChI=1S/C8H16N2O2S/c1-2-13(11,12)8-7-10-5-3-9-4-6-10/h2,9H,1,3-8H2. The van der Waals surface area contributed by atoms with Crippen molar-refractivity contribution in [1.82, 2.24) is 10.2 Å². The van der Waals surface area contributed by atoms with Crippen molar-refractivity contribution in [3.8, 4) is 0 Å². The highest BCUT2D eigenvalue weighted by molar-refractivity contribution is 7.94. The number of nitrogens with zero attached hydrogens (tertiary/aromatic N) is 1. The first-order valence-corrected chi connectivity index (χ1v) is 6.14. The van der Waals surface area contributed by atoms with Crippen LogP contribution in [0.2, 0.25) is 0 Å². The topological polar surface area (TPSA) is 49.4 Å². The summed E-state index contributed by atoms with van der Waals surface area (Å²) >= 11 is 0. The van der Waals surface area contributed by atoms with E-state index in [-0.39, 0.29) is 5.75 Å². The van der Waals surface area contributed by atoms with Gasteiger partial charge in [0.25, 0.3) is 0 Å². The van der Waals surface area contributed by atoms with Gasteiger partial charge < -0.3 is 5.32 Å². The predicted octanol–water partition coefficient (Wildman–Crippen LogP) is -0.550. The van der Waals surface area contributed by atoms with E-state index in [1.165, 1.54) is 0 Å². The zero-order valence-corrected chi connectivity index (χ0v) is 8.52. The molecular formula is C8H16N2O2S. The highest BCUT2D eigenvalue weighted by atomic mass is 32.2. The van der Waals surface area contributed by atoms with E-state index in [2.05, 4.69) is 16.8 Å². The molecule has 13 heavy (non-hydrogen) atoms. The van der Waals surface area contributed by atoms with Gasteiger partial charge in [-0.1, -0.05) is 6.58 Å². The maximum atomic E-state index is 11.1. The molecule has 0 atom stereocenters. The van der Waals surface area contributed by atoms with E-state index in [4.69, 9.17) is 0 Å². The Kier molecular flexibility index (Phi) is 3.90. The van der Waals surface area contributed by atoms with Crippen molar-refractivity contribution >= 4 is 9.84 Å². The van der Waals surface area contributed by atoms with Crippen molar-refractivity contribution in [2.24, 2.45) is 0 Å². The smallest absolute Gasteiger partial charge is 0.172 e. The van der Waals surface area contributed by atoms with E-state index >= 15 is 0 Å². The third-order valence-electron chi connectivity index (χ3n) is 2.16. The summed E-state index contributed by atoms with van der Waals surface area (Å²) in [4.78, 5) is 2.15. The number of hydrogen-bond donors (Lipinski definition) is 1. The second kappa shape index (κ2) is 4.74. The third-order valence-corrected chi connectivity index (χ3v) is 3.42. The molecule has 0 amide bonds. The number of piperazine rings is 1. The lowest BCUT2D eigenvalue weighted by Gasteiger charge is -2.26. The fraction of sp³-hybridized carbons (Fsp3) is 0.750. The second-order valence-corrected chi connectivity index (χ2v) is 5.19. The quantitative estimate of drug-likeness (QED) is 0.667. The molecule has 1 aliphatic heterocycles. The molecule has 0 spiro atoms. The molecule has 1 heterocycles. The van der Waals surface area contributed by atoms with Crippen LogP contribution >= 0.6 is 0 Å². The summed E-state index contributed by atoms with van der Waals surface area (Å²) in [6.45, 7) is 7.68. The monoisotopic (exact) mass is 204 g/mol. The van der Waals surface area contributed by atoms with Crippen LogP contribution in [0.3, 0.4) is 0 Å². The Balaban J connectivity index is 2.29. The minimum absolute atomic E-state index is 0.191. The van der Waals surface area contributed by atoms with Crippen LogP contribution in [0.25, 0.3) is 0 Å². The fourth-order valence-electron chi connectivity index (χ4n) is 1.27. The summed E-state index contributed by atoms with van der Waals surface area (Å²) in [5.74, 6) is 0.191. The number of rotatable bonds is 4. The Morgan fingerprint density at radius 2 is 2.00 bits per heavy atom. The minimum atomic E-state index is -3.02. The Morgan fingerprint density at radius 3 is 2.54 bits per heavy atom. The predicted molar refractivity (Wildman–Crippen MR) is 53.3 cm³/mol. The maximum Gasteiger partial charge on any atom is 0.172 e. The van der Waals surface area contributed by atoms with Crippen molar-refractivity contribution in [2.75, 3.05) is 38.5 Å². The summed E-state index contributed by atoms with van der Waals surface area (Å²) in [7, 11) is -3.02. The van der Waals surface area contributed by atoms with Crippen LogP contribution in [0.1, 0.15) is 0 Å². The molecule has 1 fully saturated rings. The Bertz CT molecular complexity index is 255. The highest BCUT2D eigenvalue weighted by Crippen LogP contribution is 1.96. The van der Waals surface area contributed by atoms with Gasteiger partial charge in [0.05, 0.1) is 5.75 Å². The van der Waals surface area contributed by atoms with Crippen LogP contribution in [-0.4, -0.2) is 51.8 Å². The third kappa shape index (κ3) is 3.89. The summed E-state index contributed by atoms with van der Waals surface area (Å²) in [6.07, 6.45) is 0. The Morgan fingerprint density at radius 1 is 1.38 bits per heavy atom. The molecule has 4 nitrogen and oxygen atoms in total. The van der Waals surface area contributed by atoms with E-state index in [9.17, 15) is 8.42 Å². The van der Waals surface area contributed by atoms with Crippen molar-refractivity contribution in [3.63, 3.8) is 0 Å². The van der Waals surface area contributed by atoms with Gasteiger partial charge in [-0.2, -0.15) is 0 Å². The molecule has 0 unspecified atom stereocenters. The van der Waals surface area contributed by atoms with Gasteiger partial charge in [-0.15, -0.1) is 0 Å². The lowest BCUT2D eigenvalue weighted by Crippen LogP contribution is -2.44. The van der Waals surface area contributed by atoms with Gasteiger partial charge in [0.1, 0.15) is 0 Å². The molecule has 5 heteroatoms. The Hall–Kier alpha value is -0.390. The van der Waals surface area contributed by atoms with Crippen molar-refractivity contribution in [3.05, 3.63) is 12.0 Å². The lowest BCUT2D eigenvalue weighted by molar-refractivity contribution is 0.254. The van der Waals surface area contributed by atoms with Crippen LogP contribution in [0, 0.1) is 0 Å². The van der Waals surface area contributed by atoms with E-state index in [1.54, 1.807) is 0 Å². The average Bonchev–Trinajstić information content (AvgIpc) is 2.17. The van der Waals surface area contributed by atoms with E-state index in [0.717, 1.165) is 31.6 Å².